The van der Waals surface area contributed by atoms with Crippen LogP contribution >= 0.6 is 0 Å². The highest BCUT2D eigenvalue weighted by Gasteiger charge is 2.17. The van der Waals surface area contributed by atoms with Crippen LogP contribution < -0.4 is 5.32 Å². The van der Waals surface area contributed by atoms with Gasteiger partial charge in [-0.15, -0.1) is 0 Å². The first-order valence-corrected chi connectivity index (χ1v) is 7.89. The highest BCUT2D eigenvalue weighted by molar-refractivity contribution is 7.89. The molecule has 1 N–H and O–H groups in total. The summed E-state index contributed by atoms with van der Waals surface area (Å²) < 4.78 is 25.2. The van der Waals surface area contributed by atoms with Gasteiger partial charge in [0.2, 0.25) is 10.0 Å². The molecule has 0 saturated carbocycles. The number of benzene rings is 1. The van der Waals surface area contributed by atoms with Crippen LogP contribution in [0.3, 0.4) is 0 Å². The number of sulfonamides is 1. The molecular formula is C14H18N4O2S. The smallest absolute Gasteiger partial charge is 0.242 e. The number of hydrogen-bond acceptors (Lipinski definition) is 5. The van der Waals surface area contributed by atoms with Gasteiger partial charge in [-0.3, -0.25) is 0 Å². The lowest BCUT2D eigenvalue weighted by Crippen LogP contribution is -2.22. The minimum Gasteiger partial charge on any atom is -0.376 e. The molecule has 0 aliphatic heterocycles. The molecule has 0 fully saturated rings. The molecule has 0 bridgehead atoms. The highest BCUT2D eigenvalue weighted by Crippen LogP contribution is 2.21. The van der Waals surface area contributed by atoms with Gasteiger partial charge in [0.25, 0.3) is 0 Å². The van der Waals surface area contributed by atoms with Crippen LogP contribution in [0.15, 0.2) is 47.9 Å². The van der Waals surface area contributed by atoms with Gasteiger partial charge in [0.05, 0.1) is 23.0 Å². The van der Waals surface area contributed by atoms with Crippen LogP contribution in [0.2, 0.25) is 0 Å². The fourth-order valence-electron chi connectivity index (χ4n) is 1.85. The summed E-state index contributed by atoms with van der Waals surface area (Å²) in [6.07, 6.45) is 4.85. The van der Waals surface area contributed by atoms with Gasteiger partial charge in [-0.1, -0.05) is 12.1 Å². The van der Waals surface area contributed by atoms with Crippen LogP contribution in [0, 0.1) is 0 Å². The minimum absolute atomic E-state index is 0.0205. The van der Waals surface area contributed by atoms with Crippen molar-refractivity contribution in [2.24, 2.45) is 0 Å². The van der Waals surface area contributed by atoms with Gasteiger partial charge >= 0.3 is 0 Å². The van der Waals surface area contributed by atoms with Crippen molar-refractivity contribution in [2.45, 2.75) is 17.9 Å². The maximum atomic E-state index is 12.0. The monoisotopic (exact) mass is 306 g/mol. The molecular weight excluding hydrogens is 288 g/mol. The van der Waals surface area contributed by atoms with Crippen molar-refractivity contribution in [2.75, 3.05) is 19.4 Å². The fraction of sp³-hybridized carbons (Fsp3) is 0.286. The third-order valence-electron chi connectivity index (χ3n) is 3.10. The average molecular weight is 306 g/mol. The van der Waals surface area contributed by atoms with Gasteiger partial charge < -0.3 is 5.32 Å². The summed E-state index contributed by atoms with van der Waals surface area (Å²) in [6.45, 7) is 1.99. The van der Waals surface area contributed by atoms with Crippen LogP contribution in [-0.4, -0.2) is 36.8 Å². The van der Waals surface area contributed by atoms with Crippen molar-refractivity contribution < 1.29 is 8.42 Å². The first kappa shape index (κ1) is 15.4. The van der Waals surface area contributed by atoms with Gasteiger partial charge in [0.15, 0.2) is 0 Å². The Labute approximate surface area is 124 Å². The molecule has 112 valence electrons. The Hall–Kier alpha value is -1.99. The first-order chi connectivity index (χ1) is 9.91. The van der Waals surface area contributed by atoms with Crippen LogP contribution in [0.25, 0.3) is 0 Å². The maximum absolute atomic E-state index is 12.0. The molecule has 0 saturated heterocycles. The molecule has 21 heavy (non-hydrogen) atoms. The highest BCUT2D eigenvalue weighted by atomic mass is 32.2. The van der Waals surface area contributed by atoms with Gasteiger partial charge in [-0.25, -0.2) is 22.7 Å². The number of nitrogens with zero attached hydrogens (tertiary/aromatic N) is 3. The fourth-order valence-corrected chi connectivity index (χ4v) is 2.75. The van der Waals surface area contributed by atoms with Gasteiger partial charge in [-0.05, 0) is 24.6 Å². The summed E-state index contributed by atoms with van der Waals surface area (Å²) in [5.41, 5.74) is 1.80. The van der Waals surface area contributed by atoms with Crippen LogP contribution in [-0.2, 0) is 10.0 Å². The molecule has 0 spiro atoms. The lowest BCUT2D eigenvalue weighted by Gasteiger charge is -2.16. The van der Waals surface area contributed by atoms with Crippen molar-refractivity contribution in [1.29, 1.82) is 0 Å². The number of rotatable bonds is 5. The molecule has 1 unspecified atom stereocenters. The van der Waals surface area contributed by atoms with E-state index in [2.05, 4.69) is 15.3 Å². The van der Waals surface area contributed by atoms with Crippen molar-refractivity contribution in [1.82, 2.24) is 14.3 Å². The molecule has 0 aliphatic carbocycles. The van der Waals surface area contributed by atoms with Gasteiger partial charge in [0, 0.05) is 20.1 Å². The Morgan fingerprint density at radius 1 is 1.10 bits per heavy atom. The molecule has 7 heteroatoms. The van der Waals surface area contributed by atoms with E-state index in [-0.39, 0.29) is 10.9 Å². The summed E-state index contributed by atoms with van der Waals surface area (Å²) in [6, 6.07) is 6.86. The van der Waals surface area contributed by atoms with E-state index in [0.29, 0.717) is 0 Å². The Morgan fingerprint density at radius 2 is 1.67 bits per heavy atom. The van der Waals surface area contributed by atoms with E-state index in [9.17, 15) is 8.42 Å². The number of nitrogens with one attached hydrogen (secondary N) is 1. The second kappa shape index (κ2) is 6.19. The Morgan fingerprint density at radius 3 is 2.19 bits per heavy atom. The van der Waals surface area contributed by atoms with Crippen molar-refractivity contribution in [3.05, 3.63) is 48.5 Å². The van der Waals surface area contributed by atoms with Gasteiger partial charge in [0.1, 0.15) is 6.33 Å². The summed E-state index contributed by atoms with van der Waals surface area (Å²) in [4.78, 5) is 8.16. The second-order valence-electron chi connectivity index (χ2n) is 4.85. The summed E-state index contributed by atoms with van der Waals surface area (Å²) in [5.74, 6) is 0. The summed E-state index contributed by atoms with van der Waals surface area (Å²) in [7, 11) is -0.352. The number of anilines is 1. The standard InChI is InChI=1S/C14H18N4O2S/c1-11(17-13-8-15-10-16-9-13)12-4-6-14(7-5-12)21(19,20)18(2)3/h4-11,17H,1-3H3. The molecule has 1 atom stereocenters. The van der Waals surface area contributed by atoms with Crippen LogP contribution in [0.1, 0.15) is 18.5 Å². The zero-order valence-corrected chi connectivity index (χ0v) is 13.0. The van der Waals surface area contributed by atoms with Crippen molar-refractivity contribution in [3.8, 4) is 0 Å². The van der Waals surface area contributed by atoms with E-state index in [0.717, 1.165) is 11.3 Å². The first-order valence-electron chi connectivity index (χ1n) is 6.45. The van der Waals surface area contributed by atoms with E-state index in [4.69, 9.17) is 0 Å². The minimum atomic E-state index is -3.39. The Balaban J connectivity index is 2.16. The van der Waals surface area contributed by atoms with Crippen molar-refractivity contribution >= 4 is 15.7 Å². The van der Waals surface area contributed by atoms with Crippen molar-refractivity contribution in [3.63, 3.8) is 0 Å². The zero-order valence-electron chi connectivity index (χ0n) is 12.2. The quantitative estimate of drug-likeness (QED) is 0.913. The molecule has 1 aromatic carbocycles. The van der Waals surface area contributed by atoms with E-state index >= 15 is 0 Å². The predicted octanol–water partition coefficient (Wildman–Crippen LogP) is 1.90. The Kier molecular flexibility index (Phi) is 4.54. The van der Waals surface area contributed by atoms with Crippen LogP contribution in [0.4, 0.5) is 5.69 Å². The summed E-state index contributed by atoms with van der Waals surface area (Å²) in [5, 5.41) is 3.25. The molecule has 0 amide bonds. The predicted molar refractivity (Wildman–Crippen MR) is 81.4 cm³/mol. The molecule has 1 heterocycles. The topological polar surface area (TPSA) is 75.2 Å². The summed E-state index contributed by atoms with van der Waals surface area (Å²) >= 11 is 0. The molecule has 2 rings (SSSR count). The van der Waals surface area contributed by atoms with E-state index in [1.54, 1.807) is 36.7 Å². The lowest BCUT2D eigenvalue weighted by atomic mass is 10.1. The average Bonchev–Trinajstić information content (AvgIpc) is 2.48. The second-order valence-corrected chi connectivity index (χ2v) is 7.00. The molecule has 0 aliphatic rings. The number of aromatic nitrogens is 2. The SMILES string of the molecule is CC(Nc1cncnc1)c1ccc(S(=O)(=O)N(C)C)cc1. The molecule has 6 nitrogen and oxygen atoms in total. The number of hydrogen-bond donors (Lipinski definition) is 1. The lowest BCUT2D eigenvalue weighted by molar-refractivity contribution is 0.520. The Bertz CT molecular complexity index is 685. The van der Waals surface area contributed by atoms with Gasteiger partial charge in [-0.2, -0.15) is 0 Å². The molecule has 2 aromatic rings. The van der Waals surface area contributed by atoms with E-state index in [1.165, 1.54) is 24.7 Å². The normalized spacial score (nSPS) is 13.1. The molecule has 1 aromatic heterocycles. The van der Waals surface area contributed by atoms with E-state index in [1.807, 2.05) is 6.92 Å². The van der Waals surface area contributed by atoms with E-state index < -0.39 is 10.0 Å². The third kappa shape index (κ3) is 3.56. The largest absolute Gasteiger partial charge is 0.376 e. The molecule has 0 radical (unpaired) electrons. The maximum Gasteiger partial charge on any atom is 0.242 e. The zero-order chi connectivity index (χ0) is 15.5. The third-order valence-corrected chi connectivity index (χ3v) is 4.93. The van der Waals surface area contributed by atoms with Crippen LogP contribution in [0.5, 0.6) is 0 Å².